The molecule has 5 nitrogen and oxygen atoms in total. The summed E-state index contributed by atoms with van der Waals surface area (Å²) in [5.41, 5.74) is 1.19. The lowest BCUT2D eigenvalue weighted by Gasteiger charge is -2.26. The number of hydrogen-bond acceptors (Lipinski definition) is 4. The summed E-state index contributed by atoms with van der Waals surface area (Å²) in [7, 11) is 2.03. The number of rotatable bonds is 9. The molecule has 120 valence electrons. The second kappa shape index (κ2) is 8.39. The molecule has 21 heavy (non-hydrogen) atoms. The summed E-state index contributed by atoms with van der Waals surface area (Å²) in [5.74, 6) is 1.15. The molecule has 0 aromatic carbocycles. The van der Waals surface area contributed by atoms with Gasteiger partial charge in [-0.2, -0.15) is 0 Å². The number of ether oxygens (including phenoxy) is 1. The van der Waals surface area contributed by atoms with Gasteiger partial charge in [-0.15, -0.1) is 0 Å². The van der Waals surface area contributed by atoms with Crippen LogP contribution in [0.5, 0.6) is 0 Å². The first-order valence-corrected chi connectivity index (χ1v) is 8.35. The van der Waals surface area contributed by atoms with E-state index in [9.17, 15) is 0 Å². The van der Waals surface area contributed by atoms with Crippen LogP contribution in [-0.2, 0) is 17.7 Å². The van der Waals surface area contributed by atoms with Gasteiger partial charge in [0.25, 0.3) is 0 Å². The second-order valence-electron chi connectivity index (χ2n) is 5.68. The van der Waals surface area contributed by atoms with Gasteiger partial charge in [0.2, 0.25) is 5.95 Å². The minimum atomic E-state index is 0.577. The molecule has 0 amide bonds. The summed E-state index contributed by atoms with van der Waals surface area (Å²) < 4.78 is 7.78. The minimum absolute atomic E-state index is 0.577. The van der Waals surface area contributed by atoms with Crippen LogP contribution in [0, 0.1) is 0 Å². The highest BCUT2D eigenvalue weighted by atomic mass is 16.5. The first-order valence-electron chi connectivity index (χ1n) is 8.35. The summed E-state index contributed by atoms with van der Waals surface area (Å²) in [6.45, 7) is 9.00. The molecule has 1 aromatic heterocycles. The molecule has 1 aliphatic heterocycles. The van der Waals surface area contributed by atoms with Crippen molar-refractivity contribution in [3.63, 3.8) is 0 Å². The topological polar surface area (TPSA) is 42.3 Å². The number of nitrogens with zero attached hydrogens (tertiary/aromatic N) is 3. The largest absolute Gasteiger partial charge is 0.382 e. The fraction of sp³-hybridized carbons (Fsp3) is 0.812. The highest BCUT2D eigenvalue weighted by Crippen LogP contribution is 2.25. The maximum atomic E-state index is 5.46. The van der Waals surface area contributed by atoms with E-state index in [-0.39, 0.29) is 0 Å². The molecule has 1 unspecified atom stereocenters. The SMILES string of the molecule is CCOCCCn1cc(CC)nc1N1CCCC1CNC. The highest BCUT2D eigenvalue weighted by Gasteiger charge is 2.27. The monoisotopic (exact) mass is 294 g/mol. The zero-order valence-corrected chi connectivity index (χ0v) is 13.8. The Hall–Kier alpha value is -1.07. The molecule has 1 aromatic rings. The van der Waals surface area contributed by atoms with Crippen molar-refractivity contribution in [2.75, 3.05) is 38.3 Å². The lowest BCUT2D eigenvalue weighted by molar-refractivity contribution is 0.141. The van der Waals surface area contributed by atoms with E-state index in [1.807, 2.05) is 14.0 Å². The lowest BCUT2D eigenvalue weighted by atomic mass is 10.2. The number of anilines is 1. The van der Waals surface area contributed by atoms with Crippen LogP contribution in [0.15, 0.2) is 6.20 Å². The molecule has 1 N–H and O–H groups in total. The van der Waals surface area contributed by atoms with Crippen molar-refractivity contribution < 1.29 is 4.74 Å². The van der Waals surface area contributed by atoms with Crippen molar-refractivity contribution in [3.05, 3.63) is 11.9 Å². The molecule has 1 aliphatic rings. The van der Waals surface area contributed by atoms with Crippen LogP contribution in [0.4, 0.5) is 5.95 Å². The molecule has 1 fully saturated rings. The van der Waals surface area contributed by atoms with Crippen molar-refractivity contribution in [2.24, 2.45) is 0 Å². The maximum absolute atomic E-state index is 5.46. The molecule has 0 radical (unpaired) electrons. The molecule has 1 saturated heterocycles. The van der Waals surface area contributed by atoms with E-state index in [2.05, 4.69) is 27.9 Å². The van der Waals surface area contributed by atoms with Gasteiger partial charge in [0.05, 0.1) is 5.69 Å². The standard InChI is InChI=1S/C16H30N4O/c1-4-14-13-19(9-7-11-21-5-2)16(18-14)20-10-6-8-15(20)12-17-3/h13,15,17H,4-12H2,1-3H3. The number of hydrogen-bond donors (Lipinski definition) is 1. The molecular weight excluding hydrogens is 264 g/mol. The summed E-state index contributed by atoms with van der Waals surface area (Å²) in [4.78, 5) is 7.34. The Kier molecular flexibility index (Phi) is 6.51. The van der Waals surface area contributed by atoms with Crippen molar-refractivity contribution in [1.29, 1.82) is 0 Å². The Morgan fingerprint density at radius 1 is 1.43 bits per heavy atom. The van der Waals surface area contributed by atoms with Gasteiger partial charge in [0.1, 0.15) is 0 Å². The van der Waals surface area contributed by atoms with Gasteiger partial charge in [-0.05, 0) is 39.7 Å². The van der Waals surface area contributed by atoms with E-state index in [0.717, 1.165) is 51.6 Å². The fourth-order valence-electron chi connectivity index (χ4n) is 3.05. The summed E-state index contributed by atoms with van der Waals surface area (Å²) >= 11 is 0. The molecule has 0 aliphatic carbocycles. The van der Waals surface area contributed by atoms with Crippen LogP contribution >= 0.6 is 0 Å². The fourth-order valence-corrected chi connectivity index (χ4v) is 3.05. The van der Waals surface area contributed by atoms with Crippen LogP contribution in [0.3, 0.4) is 0 Å². The zero-order chi connectivity index (χ0) is 15.1. The Morgan fingerprint density at radius 2 is 2.29 bits per heavy atom. The molecule has 0 saturated carbocycles. The van der Waals surface area contributed by atoms with Gasteiger partial charge in [-0.25, -0.2) is 4.98 Å². The highest BCUT2D eigenvalue weighted by molar-refractivity contribution is 5.37. The van der Waals surface area contributed by atoms with Gasteiger partial charge < -0.3 is 19.5 Å². The molecule has 1 atom stereocenters. The van der Waals surface area contributed by atoms with E-state index < -0.39 is 0 Å². The number of imidazole rings is 1. The van der Waals surface area contributed by atoms with Crippen molar-refractivity contribution in [3.8, 4) is 0 Å². The van der Waals surface area contributed by atoms with Gasteiger partial charge in [0.15, 0.2) is 0 Å². The van der Waals surface area contributed by atoms with Crippen molar-refractivity contribution in [2.45, 2.75) is 52.1 Å². The van der Waals surface area contributed by atoms with E-state index in [4.69, 9.17) is 9.72 Å². The van der Waals surface area contributed by atoms with Crippen LogP contribution in [0.2, 0.25) is 0 Å². The summed E-state index contributed by atoms with van der Waals surface area (Å²) in [5, 5.41) is 3.31. The molecule has 0 spiro atoms. The van der Waals surface area contributed by atoms with E-state index in [0.29, 0.717) is 6.04 Å². The Bertz CT molecular complexity index is 418. The summed E-state index contributed by atoms with van der Waals surface area (Å²) in [6.07, 6.45) is 6.78. The quantitative estimate of drug-likeness (QED) is 0.708. The van der Waals surface area contributed by atoms with Crippen LogP contribution in [-0.4, -0.2) is 48.9 Å². The Morgan fingerprint density at radius 3 is 3.00 bits per heavy atom. The van der Waals surface area contributed by atoms with Crippen LogP contribution in [0.1, 0.15) is 38.8 Å². The number of likely N-dealkylation sites (N-methyl/N-ethyl adjacent to an activating group) is 1. The third-order valence-electron chi connectivity index (χ3n) is 4.13. The smallest absolute Gasteiger partial charge is 0.206 e. The van der Waals surface area contributed by atoms with Crippen molar-refractivity contribution in [1.82, 2.24) is 14.9 Å². The van der Waals surface area contributed by atoms with E-state index in [1.54, 1.807) is 0 Å². The number of aromatic nitrogens is 2. The van der Waals surface area contributed by atoms with E-state index in [1.165, 1.54) is 18.5 Å². The molecule has 2 heterocycles. The molecule has 2 rings (SSSR count). The van der Waals surface area contributed by atoms with Crippen LogP contribution < -0.4 is 10.2 Å². The van der Waals surface area contributed by atoms with Gasteiger partial charge in [-0.3, -0.25) is 0 Å². The molecular formula is C16H30N4O. The van der Waals surface area contributed by atoms with Gasteiger partial charge in [-0.1, -0.05) is 6.92 Å². The Labute approximate surface area is 128 Å². The van der Waals surface area contributed by atoms with E-state index >= 15 is 0 Å². The second-order valence-corrected chi connectivity index (χ2v) is 5.68. The zero-order valence-electron chi connectivity index (χ0n) is 13.8. The van der Waals surface area contributed by atoms with Crippen LogP contribution in [0.25, 0.3) is 0 Å². The first kappa shape index (κ1) is 16.3. The van der Waals surface area contributed by atoms with Crippen molar-refractivity contribution >= 4 is 5.95 Å². The lowest BCUT2D eigenvalue weighted by Crippen LogP contribution is -2.38. The first-order chi connectivity index (χ1) is 10.3. The molecule has 5 heteroatoms. The number of aryl methyl sites for hydroxylation is 2. The molecule has 0 bridgehead atoms. The third-order valence-corrected chi connectivity index (χ3v) is 4.13. The summed E-state index contributed by atoms with van der Waals surface area (Å²) in [6, 6.07) is 0.577. The average Bonchev–Trinajstić information content (AvgIpc) is 3.10. The predicted molar refractivity (Wildman–Crippen MR) is 87.0 cm³/mol. The minimum Gasteiger partial charge on any atom is -0.382 e. The normalized spacial score (nSPS) is 18.6. The van der Waals surface area contributed by atoms with Gasteiger partial charge in [0, 0.05) is 45.1 Å². The number of nitrogens with one attached hydrogen (secondary N) is 1. The third kappa shape index (κ3) is 4.20. The maximum Gasteiger partial charge on any atom is 0.206 e. The average molecular weight is 294 g/mol. The Balaban J connectivity index is 2.07. The predicted octanol–water partition coefficient (Wildman–Crippen LogP) is 2.06. The van der Waals surface area contributed by atoms with Gasteiger partial charge >= 0.3 is 0 Å².